The van der Waals surface area contributed by atoms with Gasteiger partial charge in [0.2, 0.25) is 0 Å². The molecule has 3 aromatic rings. The van der Waals surface area contributed by atoms with E-state index in [4.69, 9.17) is 11.6 Å². The fourth-order valence-corrected chi connectivity index (χ4v) is 3.14. The number of carbonyl (C=O) groups is 1. The maximum Gasteiger partial charge on any atom is 0.407 e. The van der Waals surface area contributed by atoms with Crippen LogP contribution in [0.5, 0.6) is 0 Å². The monoisotopic (exact) mass is 380 g/mol. The summed E-state index contributed by atoms with van der Waals surface area (Å²) >= 11 is 6.23. The lowest BCUT2D eigenvalue weighted by Crippen LogP contribution is -2.22. The minimum Gasteiger partial charge on any atom is -0.453 e. The van der Waals surface area contributed by atoms with E-state index in [1.807, 2.05) is 41.2 Å². The van der Waals surface area contributed by atoms with E-state index in [-0.39, 0.29) is 6.54 Å². The molecule has 0 saturated heterocycles. The summed E-state index contributed by atoms with van der Waals surface area (Å²) in [5.74, 6) is 0. The van der Waals surface area contributed by atoms with Crippen molar-refractivity contribution in [2.45, 2.75) is 6.54 Å². The highest BCUT2D eigenvalue weighted by Crippen LogP contribution is 2.24. The standard InChI is InChI=1S/C20H17ClN4O2/c1-27-20(26)23-12-15-10-14(3-5-17(15)21)18-7-9-25(24-18)16-4-2-13-6-8-22-19(13)11-16/h2-7,9-11H,8,12H2,1H3,(H,23,26). The van der Waals surface area contributed by atoms with Gasteiger partial charge < -0.3 is 10.1 Å². The van der Waals surface area contributed by atoms with Crippen LogP contribution in [0.25, 0.3) is 23.0 Å². The highest BCUT2D eigenvalue weighted by atomic mass is 35.5. The number of aromatic nitrogens is 2. The Hall–Kier alpha value is -3.12. The molecule has 136 valence electrons. The highest BCUT2D eigenvalue weighted by molar-refractivity contribution is 6.31. The molecule has 4 rings (SSSR count). The van der Waals surface area contributed by atoms with Crippen LogP contribution in [0.4, 0.5) is 4.79 Å². The first-order valence-corrected chi connectivity index (χ1v) is 8.83. The van der Waals surface area contributed by atoms with Gasteiger partial charge in [0.15, 0.2) is 0 Å². The molecule has 1 aliphatic heterocycles. The van der Waals surface area contributed by atoms with Crippen molar-refractivity contribution < 1.29 is 9.53 Å². The topological polar surface area (TPSA) is 68.5 Å². The summed E-state index contributed by atoms with van der Waals surface area (Å²) in [4.78, 5) is 15.7. The molecule has 2 heterocycles. The van der Waals surface area contributed by atoms with Crippen molar-refractivity contribution in [3.63, 3.8) is 0 Å². The van der Waals surface area contributed by atoms with Gasteiger partial charge in [-0.25, -0.2) is 9.48 Å². The molecule has 0 fully saturated rings. The Bertz CT molecular complexity index is 1140. The summed E-state index contributed by atoms with van der Waals surface area (Å²) in [5.41, 5.74) is 3.48. The van der Waals surface area contributed by atoms with Gasteiger partial charge in [-0.05, 0) is 41.1 Å². The number of amides is 1. The van der Waals surface area contributed by atoms with Crippen molar-refractivity contribution >= 4 is 23.8 Å². The third-order valence-corrected chi connectivity index (χ3v) is 4.76. The second-order valence-electron chi connectivity index (χ2n) is 6.08. The van der Waals surface area contributed by atoms with Crippen LogP contribution in [-0.4, -0.2) is 29.5 Å². The summed E-state index contributed by atoms with van der Waals surface area (Å²) in [6.07, 6.45) is 3.52. The number of rotatable bonds is 4. The Kier molecular flexibility index (Phi) is 4.64. The van der Waals surface area contributed by atoms with Gasteiger partial charge in [-0.15, -0.1) is 0 Å². The minimum atomic E-state index is -0.500. The number of benzene rings is 2. The number of fused-ring (bicyclic) bond motifs is 1. The maximum atomic E-state index is 11.3. The number of hydrogen-bond acceptors (Lipinski definition) is 4. The van der Waals surface area contributed by atoms with Crippen molar-refractivity contribution in [3.05, 3.63) is 69.8 Å². The number of methoxy groups -OCH3 is 1. The molecule has 0 unspecified atom stereocenters. The predicted octanol–water partition coefficient (Wildman–Crippen LogP) is 2.46. The van der Waals surface area contributed by atoms with Crippen LogP contribution >= 0.6 is 11.6 Å². The first-order chi connectivity index (χ1) is 13.1. The summed E-state index contributed by atoms with van der Waals surface area (Å²) in [6, 6.07) is 13.7. The minimum absolute atomic E-state index is 0.281. The molecule has 7 heteroatoms. The van der Waals surface area contributed by atoms with Gasteiger partial charge in [-0.2, -0.15) is 5.10 Å². The van der Waals surface area contributed by atoms with E-state index in [0.717, 1.165) is 39.6 Å². The Morgan fingerprint density at radius 1 is 1.26 bits per heavy atom. The summed E-state index contributed by atoms with van der Waals surface area (Å²) < 4.78 is 6.42. The van der Waals surface area contributed by atoms with E-state index < -0.39 is 6.09 Å². The smallest absolute Gasteiger partial charge is 0.407 e. The third-order valence-electron chi connectivity index (χ3n) is 4.39. The van der Waals surface area contributed by atoms with Gasteiger partial charge in [-0.1, -0.05) is 29.8 Å². The Balaban J connectivity index is 1.62. The number of halogens is 1. The number of hydrogen-bond donors (Lipinski definition) is 1. The number of nitrogens with zero attached hydrogens (tertiary/aromatic N) is 3. The van der Waals surface area contributed by atoms with Gasteiger partial charge in [0.05, 0.1) is 30.4 Å². The van der Waals surface area contributed by atoms with E-state index in [1.165, 1.54) is 7.11 Å². The molecule has 6 nitrogen and oxygen atoms in total. The van der Waals surface area contributed by atoms with Crippen molar-refractivity contribution in [2.24, 2.45) is 4.99 Å². The zero-order valence-corrected chi connectivity index (χ0v) is 15.4. The van der Waals surface area contributed by atoms with E-state index in [2.05, 4.69) is 32.3 Å². The Morgan fingerprint density at radius 2 is 2.15 bits per heavy atom. The summed E-state index contributed by atoms with van der Waals surface area (Å²) in [7, 11) is 1.32. The fraction of sp³-hybridized carbons (Fsp3) is 0.150. The van der Waals surface area contributed by atoms with Crippen LogP contribution in [0.3, 0.4) is 0 Å². The Labute approximate surface area is 160 Å². The van der Waals surface area contributed by atoms with Gasteiger partial charge in [0.1, 0.15) is 0 Å². The summed E-state index contributed by atoms with van der Waals surface area (Å²) in [6.45, 7) is 1.01. The lowest BCUT2D eigenvalue weighted by Gasteiger charge is -2.08. The van der Waals surface area contributed by atoms with Gasteiger partial charge in [0, 0.05) is 23.3 Å². The van der Waals surface area contributed by atoms with Crippen molar-refractivity contribution in [1.82, 2.24) is 15.1 Å². The van der Waals surface area contributed by atoms with Crippen molar-refractivity contribution in [3.8, 4) is 16.9 Å². The lowest BCUT2D eigenvalue weighted by atomic mass is 10.1. The number of carbonyl (C=O) groups excluding carboxylic acids is 1. The van der Waals surface area contributed by atoms with Gasteiger partial charge in [0.25, 0.3) is 0 Å². The normalized spacial score (nSPS) is 12.1. The van der Waals surface area contributed by atoms with Crippen LogP contribution in [0, 0.1) is 0 Å². The number of nitrogens with one attached hydrogen (secondary N) is 1. The zero-order chi connectivity index (χ0) is 18.8. The predicted molar refractivity (Wildman–Crippen MR) is 103 cm³/mol. The first-order valence-electron chi connectivity index (χ1n) is 8.45. The molecule has 27 heavy (non-hydrogen) atoms. The van der Waals surface area contributed by atoms with Crippen LogP contribution in [0.2, 0.25) is 5.02 Å². The highest BCUT2D eigenvalue weighted by Gasteiger charge is 2.09. The maximum absolute atomic E-state index is 11.3. The molecule has 1 N–H and O–H groups in total. The molecule has 0 radical (unpaired) electrons. The molecule has 0 spiro atoms. The summed E-state index contributed by atoms with van der Waals surface area (Å²) in [5, 5.41) is 10.0. The van der Waals surface area contributed by atoms with Crippen LogP contribution in [0.15, 0.2) is 53.7 Å². The largest absolute Gasteiger partial charge is 0.453 e. The first kappa shape index (κ1) is 17.3. The molecule has 0 saturated carbocycles. The molecule has 0 bridgehead atoms. The second-order valence-corrected chi connectivity index (χ2v) is 6.49. The molecular formula is C20H17ClN4O2. The van der Waals surface area contributed by atoms with E-state index in [9.17, 15) is 4.79 Å². The SMILES string of the molecule is COC(=O)NCc1cc(-c2ccn(-c3ccc4c(c3)=NCC=4)n2)ccc1Cl. The van der Waals surface area contributed by atoms with Crippen LogP contribution in [0.1, 0.15) is 5.56 Å². The zero-order valence-electron chi connectivity index (χ0n) is 14.6. The molecular weight excluding hydrogens is 364 g/mol. The Morgan fingerprint density at radius 3 is 3.00 bits per heavy atom. The molecule has 0 atom stereocenters. The average Bonchev–Trinajstić information content (AvgIpc) is 3.35. The van der Waals surface area contributed by atoms with Crippen LogP contribution < -0.4 is 15.9 Å². The third kappa shape index (κ3) is 3.57. The second kappa shape index (κ2) is 7.25. The van der Waals surface area contributed by atoms with E-state index in [0.29, 0.717) is 5.02 Å². The van der Waals surface area contributed by atoms with Crippen molar-refractivity contribution in [1.29, 1.82) is 0 Å². The van der Waals surface area contributed by atoms with Gasteiger partial charge in [-0.3, -0.25) is 4.99 Å². The van der Waals surface area contributed by atoms with Gasteiger partial charge >= 0.3 is 6.09 Å². The molecule has 0 aliphatic carbocycles. The average molecular weight is 381 g/mol. The van der Waals surface area contributed by atoms with E-state index in [1.54, 1.807) is 6.07 Å². The van der Waals surface area contributed by atoms with Crippen molar-refractivity contribution in [2.75, 3.05) is 13.7 Å². The molecule has 1 amide bonds. The number of alkyl carbamates (subject to hydrolysis) is 1. The molecule has 1 aliphatic rings. The quantitative estimate of drug-likeness (QED) is 0.756. The number of ether oxygens (including phenoxy) is 1. The van der Waals surface area contributed by atoms with Crippen LogP contribution in [-0.2, 0) is 11.3 Å². The van der Waals surface area contributed by atoms with E-state index >= 15 is 0 Å². The molecule has 1 aromatic heterocycles. The molecule has 2 aromatic carbocycles. The lowest BCUT2D eigenvalue weighted by molar-refractivity contribution is 0.170. The fourth-order valence-electron chi connectivity index (χ4n) is 2.96.